The topological polar surface area (TPSA) is 87.0 Å². The molecule has 20 heavy (non-hydrogen) atoms. The zero-order valence-electron chi connectivity index (χ0n) is 10.8. The van der Waals surface area contributed by atoms with E-state index in [4.69, 9.17) is 5.73 Å². The van der Waals surface area contributed by atoms with Gasteiger partial charge in [-0.25, -0.2) is 9.07 Å². The molecule has 0 bridgehead atoms. The Morgan fingerprint density at radius 1 is 1.55 bits per heavy atom. The number of nitrogens with zero attached hydrogens (tertiary/aromatic N) is 3. The molecule has 0 saturated carbocycles. The number of benzene rings is 1. The summed E-state index contributed by atoms with van der Waals surface area (Å²) in [6.07, 6.45) is 1.22. The van der Waals surface area contributed by atoms with Crippen molar-refractivity contribution in [3.05, 3.63) is 51.0 Å². The van der Waals surface area contributed by atoms with E-state index in [9.17, 15) is 14.5 Å². The van der Waals surface area contributed by atoms with Crippen LogP contribution in [0, 0.1) is 22.9 Å². The molecule has 0 spiro atoms. The fourth-order valence-electron chi connectivity index (χ4n) is 2.86. The maximum Gasteiger partial charge on any atom is 0.333 e. The number of rotatable bonds is 2. The Morgan fingerprint density at radius 2 is 2.30 bits per heavy atom. The largest absolute Gasteiger partial charge is 0.378 e. The summed E-state index contributed by atoms with van der Waals surface area (Å²) < 4.78 is 15.2. The molecule has 2 aromatic rings. The average Bonchev–Trinajstić information content (AvgIpc) is 2.91. The first-order chi connectivity index (χ1) is 9.50. The summed E-state index contributed by atoms with van der Waals surface area (Å²) in [4.78, 5) is 10.5. The van der Waals surface area contributed by atoms with Gasteiger partial charge in [-0.15, -0.1) is 0 Å². The molecular weight excluding hydrogens is 263 g/mol. The normalized spacial score (nSPS) is 17.2. The Hall–Kier alpha value is -2.44. The van der Waals surface area contributed by atoms with Crippen LogP contribution in [0.3, 0.4) is 0 Å². The van der Waals surface area contributed by atoms with E-state index in [0.29, 0.717) is 18.4 Å². The maximum absolute atomic E-state index is 13.7. The van der Waals surface area contributed by atoms with Crippen LogP contribution in [0.5, 0.6) is 0 Å². The van der Waals surface area contributed by atoms with Gasteiger partial charge in [-0.2, -0.15) is 5.10 Å². The minimum atomic E-state index is -0.532. The van der Waals surface area contributed by atoms with Crippen molar-refractivity contribution in [2.45, 2.75) is 25.8 Å². The molecule has 3 rings (SSSR count). The van der Waals surface area contributed by atoms with Gasteiger partial charge < -0.3 is 5.73 Å². The molecule has 1 aromatic carbocycles. The van der Waals surface area contributed by atoms with Crippen LogP contribution in [-0.4, -0.2) is 14.7 Å². The highest BCUT2D eigenvalue weighted by molar-refractivity contribution is 5.57. The summed E-state index contributed by atoms with van der Waals surface area (Å²) in [5, 5.41) is 15.2. The van der Waals surface area contributed by atoms with Crippen molar-refractivity contribution in [2.75, 3.05) is 5.73 Å². The van der Waals surface area contributed by atoms with Crippen molar-refractivity contribution in [2.24, 2.45) is 0 Å². The number of fused-ring (bicyclic) bond motifs is 1. The van der Waals surface area contributed by atoms with Gasteiger partial charge in [-0.05, 0) is 37.0 Å². The lowest BCUT2D eigenvalue weighted by Gasteiger charge is -2.13. The second kappa shape index (κ2) is 4.29. The third-order valence-corrected chi connectivity index (χ3v) is 3.75. The first-order valence-corrected chi connectivity index (χ1v) is 6.27. The van der Waals surface area contributed by atoms with Crippen LogP contribution in [0.25, 0.3) is 0 Å². The van der Waals surface area contributed by atoms with Gasteiger partial charge >= 0.3 is 5.69 Å². The summed E-state index contributed by atoms with van der Waals surface area (Å²) in [6.45, 7) is 1.55. The molecule has 104 valence electrons. The fourth-order valence-corrected chi connectivity index (χ4v) is 2.86. The molecule has 7 heteroatoms. The van der Waals surface area contributed by atoms with Gasteiger partial charge in [0.15, 0.2) is 0 Å². The third-order valence-electron chi connectivity index (χ3n) is 3.75. The number of nitro groups is 1. The predicted octanol–water partition coefficient (Wildman–Crippen LogP) is 2.36. The van der Waals surface area contributed by atoms with Gasteiger partial charge in [0.25, 0.3) is 0 Å². The first-order valence-electron chi connectivity index (χ1n) is 6.27. The standard InChI is InChI=1S/C13H13FN4O2/c1-7-12(18(19)20)13(15)17(16-7)11-6-5-8-9(11)3-2-4-10(8)14/h2-4,11H,5-6,15H2,1H3. The van der Waals surface area contributed by atoms with Crippen LogP contribution in [0.15, 0.2) is 18.2 Å². The monoisotopic (exact) mass is 276 g/mol. The van der Waals surface area contributed by atoms with E-state index in [-0.39, 0.29) is 29.1 Å². The quantitative estimate of drug-likeness (QED) is 0.673. The Morgan fingerprint density at radius 3 is 2.95 bits per heavy atom. The minimum absolute atomic E-state index is 0.0228. The summed E-state index contributed by atoms with van der Waals surface area (Å²) in [6, 6.07) is 4.63. The van der Waals surface area contributed by atoms with Gasteiger partial charge in [0.2, 0.25) is 5.82 Å². The van der Waals surface area contributed by atoms with Crippen molar-refractivity contribution in [1.29, 1.82) is 0 Å². The fraction of sp³-hybridized carbons (Fsp3) is 0.308. The maximum atomic E-state index is 13.7. The molecule has 2 N–H and O–H groups in total. The first kappa shape index (κ1) is 12.6. The zero-order chi connectivity index (χ0) is 14.4. The molecule has 1 heterocycles. The highest BCUT2D eigenvalue weighted by Crippen LogP contribution is 2.39. The van der Waals surface area contributed by atoms with Crippen LogP contribution in [0.4, 0.5) is 15.9 Å². The lowest BCUT2D eigenvalue weighted by molar-refractivity contribution is -0.384. The highest BCUT2D eigenvalue weighted by Gasteiger charge is 2.32. The molecule has 1 atom stereocenters. The van der Waals surface area contributed by atoms with Crippen LogP contribution >= 0.6 is 0 Å². The SMILES string of the molecule is Cc1nn(C2CCc3c(F)cccc32)c(N)c1[N+](=O)[O-]. The number of nitrogens with two attached hydrogens (primary N) is 1. The van der Waals surface area contributed by atoms with E-state index in [1.54, 1.807) is 13.0 Å². The smallest absolute Gasteiger partial charge is 0.333 e. The molecule has 0 fully saturated rings. The van der Waals surface area contributed by atoms with Crippen molar-refractivity contribution < 1.29 is 9.31 Å². The summed E-state index contributed by atoms with van der Waals surface area (Å²) in [5.74, 6) is -0.225. The van der Waals surface area contributed by atoms with Gasteiger partial charge in [0.05, 0.1) is 11.0 Å². The lowest BCUT2D eigenvalue weighted by Crippen LogP contribution is -2.12. The molecule has 0 amide bonds. The van der Waals surface area contributed by atoms with Gasteiger partial charge in [-0.3, -0.25) is 10.1 Å². The van der Waals surface area contributed by atoms with Crippen molar-refractivity contribution >= 4 is 11.5 Å². The van der Waals surface area contributed by atoms with E-state index >= 15 is 0 Å². The van der Waals surface area contributed by atoms with Gasteiger partial charge in [0, 0.05) is 0 Å². The molecule has 0 radical (unpaired) electrons. The second-order valence-electron chi connectivity index (χ2n) is 4.88. The molecular formula is C13H13FN4O2. The minimum Gasteiger partial charge on any atom is -0.378 e. The Balaban J connectivity index is 2.12. The Labute approximate surface area is 114 Å². The molecule has 0 aliphatic heterocycles. The van der Waals surface area contributed by atoms with E-state index in [0.717, 1.165) is 5.56 Å². The number of hydrogen-bond donors (Lipinski definition) is 1. The van der Waals surface area contributed by atoms with E-state index in [1.165, 1.54) is 10.7 Å². The number of hydrogen-bond acceptors (Lipinski definition) is 4. The number of anilines is 1. The number of aryl methyl sites for hydroxylation is 1. The van der Waals surface area contributed by atoms with Crippen LogP contribution in [0.1, 0.15) is 29.3 Å². The predicted molar refractivity (Wildman–Crippen MR) is 70.9 cm³/mol. The average molecular weight is 276 g/mol. The molecule has 1 unspecified atom stereocenters. The molecule has 1 aliphatic rings. The van der Waals surface area contributed by atoms with Gasteiger partial charge in [0.1, 0.15) is 11.5 Å². The van der Waals surface area contributed by atoms with Gasteiger partial charge in [-0.1, -0.05) is 12.1 Å². The molecule has 1 aromatic heterocycles. The van der Waals surface area contributed by atoms with Crippen molar-refractivity contribution in [3.8, 4) is 0 Å². The van der Waals surface area contributed by atoms with Crippen LogP contribution in [0.2, 0.25) is 0 Å². The summed E-state index contributed by atoms with van der Waals surface area (Å²) in [7, 11) is 0. The Kier molecular flexibility index (Phi) is 2.70. The van der Waals surface area contributed by atoms with E-state index < -0.39 is 4.92 Å². The second-order valence-corrected chi connectivity index (χ2v) is 4.88. The molecule has 1 aliphatic carbocycles. The summed E-state index contributed by atoms with van der Waals surface area (Å²) in [5.41, 5.74) is 7.40. The van der Waals surface area contributed by atoms with Crippen LogP contribution < -0.4 is 5.73 Å². The lowest BCUT2D eigenvalue weighted by atomic mass is 10.1. The number of nitrogen functional groups attached to an aromatic ring is 1. The zero-order valence-corrected chi connectivity index (χ0v) is 10.8. The van der Waals surface area contributed by atoms with Crippen molar-refractivity contribution in [3.63, 3.8) is 0 Å². The molecule has 6 nitrogen and oxygen atoms in total. The van der Waals surface area contributed by atoms with E-state index in [1.807, 2.05) is 6.07 Å². The molecule has 0 saturated heterocycles. The number of aromatic nitrogens is 2. The third kappa shape index (κ3) is 1.66. The van der Waals surface area contributed by atoms with E-state index in [2.05, 4.69) is 5.10 Å². The van der Waals surface area contributed by atoms with Crippen LogP contribution in [-0.2, 0) is 6.42 Å². The highest BCUT2D eigenvalue weighted by atomic mass is 19.1. The number of halogens is 1. The summed E-state index contributed by atoms with van der Waals surface area (Å²) >= 11 is 0. The Bertz CT molecular complexity index is 711. The van der Waals surface area contributed by atoms with Crippen molar-refractivity contribution in [1.82, 2.24) is 9.78 Å².